The Labute approximate surface area is 111 Å². The molecule has 1 aromatic carbocycles. The zero-order valence-corrected chi connectivity index (χ0v) is 10.9. The summed E-state index contributed by atoms with van der Waals surface area (Å²) >= 11 is 0. The molecule has 0 fully saturated rings. The summed E-state index contributed by atoms with van der Waals surface area (Å²) in [5, 5.41) is 17.7. The SMILES string of the molecule is Cn1cc(COc2ccc3c(c2)CCCC3O)nn1. The molecule has 0 radical (unpaired) electrons. The summed E-state index contributed by atoms with van der Waals surface area (Å²) < 4.78 is 7.36. The lowest BCUT2D eigenvalue weighted by atomic mass is 9.89. The van der Waals surface area contributed by atoms with E-state index in [4.69, 9.17) is 4.74 Å². The van der Waals surface area contributed by atoms with Crippen LogP contribution in [0.2, 0.25) is 0 Å². The van der Waals surface area contributed by atoms with Crippen LogP contribution in [0.5, 0.6) is 5.75 Å². The Balaban J connectivity index is 1.72. The molecule has 1 aliphatic carbocycles. The summed E-state index contributed by atoms with van der Waals surface area (Å²) in [6, 6.07) is 5.89. The number of ether oxygens (including phenoxy) is 1. The van der Waals surface area contributed by atoms with E-state index >= 15 is 0 Å². The lowest BCUT2D eigenvalue weighted by Crippen LogP contribution is -2.09. The lowest BCUT2D eigenvalue weighted by Gasteiger charge is -2.21. The van der Waals surface area contributed by atoms with Gasteiger partial charge in [0, 0.05) is 7.05 Å². The molecule has 0 spiro atoms. The fourth-order valence-electron chi connectivity index (χ4n) is 2.47. The van der Waals surface area contributed by atoms with Crippen molar-refractivity contribution in [1.82, 2.24) is 15.0 Å². The Kier molecular flexibility index (Phi) is 3.21. The maximum atomic E-state index is 9.90. The maximum Gasteiger partial charge on any atom is 0.134 e. The molecule has 1 aliphatic rings. The van der Waals surface area contributed by atoms with E-state index < -0.39 is 0 Å². The molecule has 100 valence electrons. The van der Waals surface area contributed by atoms with E-state index in [0.29, 0.717) is 6.61 Å². The number of benzene rings is 1. The van der Waals surface area contributed by atoms with E-state index in [1.54, 1.807) is 4.68 Å². The van der Waals surface area contributed by atoms with Crippen LogP contribution in [0, 0.1) is 0 Å². The monoisotopic (exact) mass is 259 g/mol. The van der Waals surface area contributed by atoms with Crippen LogP contribution in [0.4, 0.5) is 0 Å². The molecule has 0 saturated carbocycles. The Morgan fingerprint density at radius 1 is 1.47 bits per heavy atom. The number of aryl methyl sites for hydroxylation is 2. The average molecular weight is 259 g/mol. The van der Waals surface area contributed by atoms with Crippen molar-refractivity contribution in [2.45, 2.75) is 32.0 Å². The number of hydrogen-bond donors (Lipinski definition) is 1. The van der Waals surface area contributed by atoms with Gasteiger partial charge in [-0.1, -0.05) is 11.3 Å². The average Bonchev–Trinajstić information content (AvgIpc) is 2.82. The van der Waals surface area contributed by atoms with Crippen LogP contribution < -0.4 is 4.74 Å². The van der Waals surface area contributed by atoms with Gasteiger partial charge in [0.05, 0.1) is 12.3 Å². The molecular weight excluding hydrogens is 242 g/mol. The Hall–Kier alpha value is -1.88. The second kappa shape index (κ2) is 5.01. The summed E-state index contributed by atoms with van der Waals surface area (Å²) in [4.78, 5) is 0. The Morgan fingerprint density at radius 2 is 2.37 bits per heavy atom. The van der Waals surface area contributed by atoms with Crippen molar-refractivity contribution in [3.63, 3.8) is 0 Å². The fourth-order valence-corrected chi connectivity index (χ4v) is 2.47. The summed E-state index contributed by atoms with van der Waals surface area (Å²) in [6.07, 6.45) is 4.41. The highest BCUT2D eigenvalue weighted by atomic mass is 16.5. The number of aromatic nitrogens is 3. The molecular formula is C14H17N3O2. The van der Waals surface area contributed by atoms with Crippen LogP contribution in [0.3, 0.4) is 0 Å². The zero-order chi connectivity index (χ0) is 13.2. The van der Waals surface area contributed by atoms with E-state index in [2.05, 4.69) is 10.3 Å². The Bertz CT molecular complexity index is 580. The molecule has 0 saturated heterocycles. The number of rotatable bonds is 3. The number of aliphatic hydroxyl groups is 1. The number of fused-ring (bicyclic) bond motifs is 1. The maximum absolute atomic E-state index is 9.90. The van der Waals surface area contributed by atoms with Gasteiger partial charge in [-0.2, -0.15) is 0 Å². The van der Waals surface area contributed by atoms with Crippen molar-refractivity contribution in [2.24, 2.45) is 7.05 Å². The molecule has 5 heteroatoms. The predicted molar refractivity (Wildman–Crippen MR) is 69.7 cm³/mol. The first kappa shape index (κ1) is 12.2. The van der Waals surface area contributed by atoms with Crippen LogP contribution >= 0.6 is 0 Å². The van der Waals surface area contributed by atoms with Crippen molar-refractivity contribution >= 4 is 0 Å². The lowest BCUT2D eigenvalue weighted by molar-refractivity contribution is 0.156. The van der Waals surface area contributed by atoms with Gasteiger partial charge < -0.3 is 9.84 Å². The minimum Gasteiger partial charge on any atom is -0.487 e. The van der Waals surface area contributed by atoms with E-state index in [1.807, 2.05) is 31.4 Å². The van der Waals surface area contributed by atoms with Crippen molar-refractivity contribution < 1.29 is 9.84 Å². The molecule has 0 bridgehead atoms. The van der Waals surface area contributed by atoms with Crippen LogP contribution in [0.25, 0.3) is 0 Å². The molecule has 1 unspecified atom stereocenters. The van der Waals surface area contributed by atoms with Crippen molar-refractivity contribution in [2.75, 3.05) is 0 Å². The minimum absolute atomic E-state index is 0.321. The predicted octanol–water partition coefficient (Wildman–Crippen LogP) is 1.76. The van der Waals surface area contributed by atoms with Crippen LogP contribution in [-0.4, -0.2) is 20.1 Å². The third kappa shape index (κ3) is 2.61. The highest BCUT2D eigenvalue weighted by molar-refractivity contribution is 5.38. The molecule has 0 amide bonds. The quantitative estimate of drug-likeness (QED) is 0.912. The van der Waals surface area contributed by atoms with Gasteiger partial charge >= 0.3 is 0 Å². The van der Waals surface area contributed by atoms with E-state index in [9.17, 15) is 5.11 Å². The highest BCUT2D eigenvalue weighted by Gasteiger charge is 2.18. The standard InChI is InChI=1S/C14H17N3O2/c1-17-8-11(15-16-17)9-19-12-5-6-13-10(7-12)3-2-4-14(13)18/h5-8,14,18H,2-4,9H2,1H3. The summed E-state index contributed by atoms with van der Waals surface area (Å²) in [5.74, 6) is 0.818. The molecule has 1 atom stereocenters. The van der Waals surface area contributed by atoms with Gasteiger partial charge in [-0.15, -0.1) is 5.10 Å². The third-order valence-corrected chi connectivity index (χ3v) is 3.43. The van der Waals surface area contributed by atoms with Crippen LogP contribution in [0.15, 0.2) is 24.4 Å². The third-order valence-electron chi connectivity index (χ3n) is 3.43. The first-order chi connectivity index (χ1) is 9.22. The van der Waals surface area contributed by atoms with E-state index in [1.165, 1.54) is 5.56 Å². The minimum atomic E-state index is -0.321. The summed E-state index contributed by atoms with van der Waals surface area (Å²) in [7, 11) is 1.83. The van der Waals surface area contributed by atoms with Gasteiger partial charge in [0.25, 0.3) is 0 Å². The molecule has 19 heavy (non-hydrogen) atoms. The van der Waals surface area contributed by atoms with Crippen molar-refractivity contribution in [1.29, 1.82) is 0 Å². The summed E-state index contributed by atoms with van der Waals surface area (Å²) in [6.45, 7) is 0.412. The van der Waals surface area contributed by atoms with Crippen LogP contribution in [0.1, 0.15) is 35.8 Å². The van der Waals surface area contributed by atoms with Gasteiger partial charge in [0.15, 0.2) is 0 Å². The topological polar surface area (TPSA) is 60.2 Å². The smallest absolute Gasteiger partial charge is 0.134 e. The van der Waals surface area contributed by atoms with Gasteiger partial charge in [0.1, 0.15) is 18.1 Å². The van der Waals surface area contributed by atoms with Crippen LogP contribution in [-0.2, 0) is 20.1 Å². The van der Waals surface area contributed by atoms with Crippen molar-refractivity contribution in [3.8, 4) is 5.75 Å². The Morgan fingerprint density at radius 3 is 3.16 bits per heavy atom. The normalized spacial score (nSPS) is 18.1. The number of nitrogens with zero attached hydrogens (tertiary/aromatic N) is 3. The molecule has 1 aromatic heterocycles. The largest absolute Gasteiger partial charge is 0.487 e. The molecule has 1 N–H and O–H groups in total. The molecule has 0 aliphatic heterocycles. The molecule has 5 nitrogen and oxygen atoms in total. The molecule has 3 rings (SSSR count). The summed E-state index contributed by atoms with van der Waals surface area (Å²) in [5.41, 5.74) is 3.04. The van der Waals surface area contributed by atoms with Gasteiger partial charge in [-0.25, -0.2) is 0 Å². The van der Waals surface area contributed by atoms with Gasteiger partial charge in [0.2, 0.25) is 0 Å². The van der Waals surface area contributed by atoms with Gasteiger partial charge in [-0.3, -0.25) is 4.68 Å². The number of aliphatic hydroxyl groups excluding tert-OH is 1. The van der Waals surface area contributed by atoms with E-state index in [-0.39, 0.29) is 6.10 Å². The second-order valence-corrected chi connectivity index (χ2v) is 4.94. The first-order valence-corrected chi connectivity index (χ1v) is 6.51. The molecule has 1 heterocycles. The number of hydrogen-bond acceptors (Lipinski definition) is 4. The van der Waals surface area contributed by atoms with Gasteiger partial charge in [-0.05, 0) is 42.5 Å². The first-order valence-electron chi connectivity index (χ1n) is 6.51. The fraction of sp³-hybridized carbons (Fsp3) is 0.429. The molecule has 2 aromatic rings. The second-order valence-electron chi connectivity index (χ2n) is 4.94. The van der Waals surface area contributed by atoms with Crippen molar-refractivity contribution in [3.05, 3.63) is 41.2 Å². The highest BCUT2D eigenvalue weighted by Crippen LogP contribution is 2.32. The van der Waals surface area contributed by atoms with E-state index in [0.717, 1.165) is 36.3 Å². The zero-order valence-electron chi connectivity index (χ0n) is 10.9.